The van der Waals surface area contributed by atoms with Gasteiger partial charge in [-0.1, -0.05) is 0 Å². The number of aliphatic hydroxyl groups excluding tert-OH is 1. The maximum atomic E-state index is 8.63. The Labute approximate surface area is 104 Å². The highest BCUT2D eigenvalue weighted by molar-refractivity contribution is 7.99. The molecular formula is C12H26N2OS. The van der Waals surface area contributed by atoms with Crippen LogP contribution in [-0.4, -0.2) is 61.3 Å². The average Bonchev–Trinajstić information content (AvgIpc) is 2.30. The standard InChI is InChI=1S/C12H26N2OS/c1-14-6-3-12(4-7-14)11-13-5-10-16-9-2-8-15/h12-13,15H,2-11H2,1H3. The molecule has 1 heterocycles. The molecule has 1 rings (SSSR count). The van der Waals surface area contributed by atoms with Gasteiger partial charge >= 0.3 is 0 Å². The quantitative estimate of drug-likeness (QED) is 0.627. The number of likely N-dealkylation sites (tertiary alicyclic amines) is 1. The molecule has 0 spiro atoms. The topological polar surface area (TPSA) is 35.5 Å². The van der Waals surface area contributed by atoms with E-state index in [2.05, 4.69) is 17.3 Å². The summed E-state index contributed by atoms with van der Waals surface area (Å²) in [5.41, 5.74) is 0. The summed E-state index contributed by atoms with van der Waals surface area (Å²) in [6, 6.07) is 0. The van der Waals surface area contributed by atoms with E-state index in [1.54, 1.807) is 0 Å². The third kappa shape index (κ3) is 6.74. The van der Waals surface area contributed by atoms with Crippen molar-refractivity contribution in [3.63, 3.8) is 0 Å². The van der Waals surface area contributed by atoms with E-state index in [4.69, 9.17) is 5.11 Å². The molecule has 0 aromatic heterocycles. The van der Waals surface area contributed by atoms with Crippen molar-refractivity contribution in [3.05, 3.63) is 0 Å². The highest BCUT2D eigenvalue weighted by Gasteiger charge is 2.15. The lowest BCUT2D eigenvalue weighted by Crippen LogP contribution is -2.35. The van der Waals surface area contributed by atoms with Crippen molar-refractivity contribution in [1.82, 2.24) is 10.2 Å². The van der Waals surface area contributed by atoms with E-state index in [1.165, 1.54) is 38.2 Å². The Morgan fingerprint density at radius 2 is 2.06 bits per heavy atom. The molecule has 0 amide bonds. The summed E-state index contributed by atoms with van der Waals surface area (Å²) in [6.45, 7) is 5.15. The molecule has 0 aromatic rings. The molecule has 1 saturated heterocycles. The molecule has 0 aromatic carbocycles. The summed E-state index contributed by atoms with van der Waals surface area (Å²) in [5, 5.41) is 12.2. The average molecular weight is 246 g/mol. The minimum Gasteiger partial charge on any atom is -0.396 e. The zero-order chi connectivity index (χ0) is 11.6. The van der Waals surface area contributed by atoms with Crippen LogP contribution in [0.4, 0.5) is 0 Å². The van der Waals surface area contributed by atoms with Gasteiger partial charge in [0.25, 0.3) is 0 Å². The van der Waals surface area contributed by atoms with Crippen molar-refractivity contribution in [3.8, 4) is 0 Å². The normalized spacial score (nSPS) is 19.1. The highest BCUT2D eigenvalue weighted by Crippen LogP contribution is 2.14. The number of nitrogens with zero attached hydrogens (tertiary/aromatic N) is 1. The molecule has 0 aliphatic carbocycles. The minimum atomic E-state index is 0.329. The van der Waals surface area contributed by atoms with Crippen molar-refractivity contribution in [2.24, 2.45) is 5.92 Å². The Morgan fingerprint density at radius 1 is 1.31 bits per heavy atom. The molecule has 0 atom stereocenters. The lowest BCUT2D eigenvalue weighted by molar-refractivity contribution is 0.217. The van der Waals surface area contributed by atoms with E-state index >= 15 is 0 Å². The van der Waals surface area contributed by atoms with Gasteiger partial charge in [0.2, 0.25) is 0 Å². The van der Waals surface area contributed by atoms with Crippen LogP contribution in [0.2, 0.25) is 0 Å². The SMILES string of the molecule is CN1CCC(CNCCSCCCO)CC1. The molecule has 3 nitrogen and oxygen atoms in total. The van der Waals surface area contributed by atoms with Crippen LogP contribution < -0.4 is 5.32 Å². The first kappa shape index (κ1) is 14.3. The van der Waals surface area contributed by atoms with Crippen LogP contribution in [0.1, 0.15) is 19.3 Å². The minimum absolute atomic E-state index is 0.329. The summed E-state index contributed by atoms with van der Waals surface area (Å²) < 4.78 is 0. The van der Waals surface area contributed by atoms with Crippen LogP contribution in [0, 0.1) is 5.92 Å². The molecule has 1 aliphatic heterocycles. The molecule has 0 radical (unpaired) electrons. The van der Waals surface area contributed by atoms with Crippen molar-refractivity contribution in [1.29, 1.82) is 0 Å². The Morgan fingerprint density at radius 3 is 2.75 bits per heavy atom. The van der Waals surface area contributed by atoms with E-state index in [-0.39, 0.29) is 0 Å². The predicted octanol–water partition coefficient (Wildman–Crippen LogP) is 1.03. The van der Waals surface area contributed by atoms with E-state index in [0.717, 1.165) is 24.6 Å². The first-order valence-corrected chi connectivity index (χ1v) is 7.56. The number of nitrogens with one attached hydrogen (secondary N) is 1. The molecule has 4 heteroatoms. The van der Waals surface area contributed by atoms with E-state index < -0.39 is 0 Å². The molecule has 1 aliphatic rings. The maximum absolute atomic E-state index is 8.63. The van der Waals surface area contributed by atoms with Crippen LogP contribution in [-0.2, 0) is 0 Å². The van der Waals surface area contributed by atoms with Gasteiger partial charge in [0.1, 0.15) is 0 Å². The van der Waals surface area contributed by atoms with Crippen molar-refractivity contribution in [2.75, 3.05) is 51.3 Å². The second kappa shape index (κ2) is 9.28. The highest BCUT2D eigenvalue weighted by atomic mass is 32.2. The molecule has 0 unspecified atom stereocenters. The fourth-order valence-corrected chi connectivity index (χ4v) is 2.81. The summed E-state index contributed by atoms with van der Waals surface area (Å²) >= 11 is 1.93. The van der Waals surface area contributed by atoms with Gasteiger partial charge in [-0.15, -0.1) is 0 Å². The van der Waals surface area contributed by atoms with Gasteiger partial charge in [0, 0.05) is 18.9 Å². The third-order valence-electron chi connectivity index (χ3n) is 3.14. The van der Waals surface area contributed by atoms with Crippen molar-refractivity contribution in [2.45, 2.75) is 19.3 Å². The smallest absolute Gasteiger partial charge is 0.0438 e. The third-order valence-corrected chi connectivity index (χ3v) is 4.21. The number of piperidine rings is 1. The Bertz CT molecular complexity index is 161. The fourth-order valence-electron chi connectivity index (χ4n) is 1.99. The van der Waals surface area contributed by atoms with Gasteiger partial charge in [-0.25, -0.2) is 0 Å². The summed E-state index contributed by atoms with van der Waals surface area (Å²) in [5.74, 6) is 3.15. The lowest BCUT2D eigenvalue weighted by atomic mass is 9.97. The number of hydrogen-bond acceptors (Lipinski definition) is 4. The van der Waals surface area contributed by atoms with Gasteiger partial charge < -0.3 is 15.3 Å². The van der Waals surface area contributed by atoms with Gasteiger partial charge in [0.15, 0.2) is 0 Å². The number of rotatable bonds is 8. The number of aliphatic hydroxyl groups is 1. The summed E-state index contributed by atoms with van der Waals surface area (Å²) in [4.78, 5) is 2.42. The second-order valence-electron chi connectivity index (χ2n) is 4.64. The molecule has 0 bridgehead atoms. The van der Waals surface area contributed by atoms with Crippen LogP contribution in [0.25, 0.3) is 0 Å². The van der Waals surface area contributed by atoms with Gasteiger partial charge in [-0.05, 0) is 57.6 Å². The van der Waals surface area contributed by atoms with Crippen LogP contribution in [0.5, 0.6) is 0 Å². The Kier molecular flexibility index (Phi) is 8.29. The van der Waals surface area contributed by atoms with Crippen LogP contribution in [0.3, 0.4) is 0 Å². The molecule has 1 fully saturated rings. The van der Waals surface area contributed by atoms with Crippen LogP contribution >= 0.6 is 11.8 Å². The summed E-state index contributed by atoms with van der Waals surface area (Å²) in [6.07, 6.45) is 3.63. The number of thioether (sulfide) groups is 1. The molecule has 16 heavy (non-hydrogen) atoms. The lowest BCUT2D eigenvalue weighted by Gasteiger charge is -2.29. The van der Waals surface area contributed by atoms with Crippen molar-refractivity contribution < 1.29 is 5.11 Å². The van der Waals surface area contributed by atoms with Gasteiger partial charge in [0.05, 0.1) is 0 Å². The van der Waals surface area contributed by atoms with Gasteiger partial charge in [-0.2, -0.15) is 11.8 Å². The largest absolute Gasteiger partial charge is 0.396 e. The van der Waals surface area contributed by atoms with Gasteiger partial charge in [-0.3, -0.25) is 0 Å². The summed E-state index contributed by atoms with van der Waals surface area (Å²) in [7, 11) is 2.21. The maximum Gasteiger partial charge on any atom is 0.0438 e. The molecule has 2 N–H and O–H groups in total. The number of hydrogen-bond donors (Lipinski definition) is 2. The monoisotopic (exact) mass is 246 g/mol. The zero-order valence-corrected chi connectivity index (χ0v) is 11.3. The first-order valence-electron chi connectivity index (χ1n) is 6.41. The van der Waals surface area contributed by atoms with E-state index in [1.807, 2.05) is 11.8 Å². The zero-order valence-electron chi connectivity index (χ0n) is 10.5. The molecule has 96 valence electrons. The predicted molar refractivity (Wildman–Crippen MR) is 72.1 cm³/mol. The molecule has 0 saturated carbocycles. The van der Waals surface area contributed by atoms with E-state index in [0.29, 0.717) is 6.61 Å². The fraction of sp³-hybridized carbons (Fsp3) is 1.00. The van der Waals surface area contributed by atoms with Crippen molar-refractivity contribution >= 4 is 11.8 Å². The van der Waals surface area contributed by atoms with Crippen LogP contribution in [0.15, 0.2) is 0 Å². The van der Waals surface area contributed by atoms with E-state index in [9.17, 15) is 0 Å². The molecular weight excluding hydrogens is 220 g/mol. The first-order chi connectivity index (χ1) is 7.83. The second-order valence-corrected chi connectivity index (χ2v) is 5.87. The Balaban J connectivity index is 1.84. The Hall–Kier alpha value is 0.230.